The highest BCUT2D eigenvalue weighted by molar-refractivity contribution is 5.76. The average molecular weight is 697 g/mol. The molecule has 16 atom stereocenters. The molecule has 0 bridgehead atoms. The molecule has 0 amide bonds. The topological polar surface area (TPSA) is 137 Å². The molecular formula is C40H56O10. The fourth-order valence-corrected chi connectivity index (χ4v) is 13.1. The van der Waals surface area contributed by atoms with Gasteiger partial charge in [0.2, 0.25) is 12.6 Å². The Kier molecular flexibility index (Phi) is 7.26. The Morgan fingerprint density at radius 1 is 0.680 bits per heavy atom. The van der Waals surface area contributed by atoms with Gasteiger partial charge in [0.05, 0.1) is 25.4 Å². The normalized spacial score (nSPS) is 59.1. The Morgan fingerprint density at radius 3 is 1.40 bits per heavy atom. The third-order valence-electron chi connectivity index (χ3n) is 17.0. The number of allylic oxidation sites excluding steroid dienone is 4. The van der Waals surface area contributed by atoms with Gasteiger partial charge < -0.3 is 38.6 Å². The van der Waals surface area contributed by atoms with Gasteiger partial charge in [0.1, 0.15) is 12.6 Å². The summed E-state index contributed by atoms with van der Waals surface area (Å²) in [6.07, 6.45) is 11.4. The molecule has 0 aromatic rings. The molecule has 4 unspecified atom stereocenters. The van der Waals surface area contributed by atoms with Crippen molar-refractivity contribution in [3.8, 4) is 0 Å². The summed E-state index contributed by atoms with van der Waals surface area (Å²) in [4.78, 5) is 24.4. The molecular weight excluding hydrogens is 640 g/mol. The zero-order chi connectivity index (χ0) is 35.3. The maximum Gasteiger partial charge on any atom is 0.255 e. The number of rotatable bonds is 6. The minimum Gasteiger partial charge on any atom is -0.361 e. The van der Waals surface area contributed by atoms with Crippen molar-refractivity contribution >= 4 is 12.6 Å². The van der Waals surface area contributed by atoms with Crippen LogP contribution in [-0.2, 0) is 38.0 Å². The van der Waals surface area contributed by atoms with Gasteiger partial charge in [0.25, 0.3) is 11.6 Å². The molecule has 0 radical (unpaired) electrons. The minimum atomic E-state index is -1.99. The highest BCUT2D eigenvalue weighted by Crippen LogP contribution is 2.69. The lowest BCUT2D eigenvalue weighted by molar-refractivity contribution is -0.478. The second-order valence-corrected chi connectivity index (χ2v) is 18.8. The zero-order valence-corrected chi connectivity index (χ0v) is 30.6. The molecule has 5 saturated heterocycles. The smallest absolute Gasteiger partial charge is 0.255 e. The summed E-state index contributed by atoms with van der Waals surface area (Å²) in [6, 6.07) is 0. The van der Waals surface area contributed by atoms with Crippen molar-refractivity contribution in [2.75, 3.05) is 13.2 Å². The minimum absolute atomic E-state index is 0.211. The van der Waals surface area contributed by atoms with Gasteiger partial charge in [-0.05, 0) is 121 Å². The van der Waals surface area contributed by atoms with Crippen molar-refractivity contribution in [3.05, 3.63) is 23.3 Å². The molecule has 2 N–H and O–H groups in total. The van der Waals surface area contributed by atoms with Crippen molar-refractivity contribution < 1.29 is 48.2 Å². The molecule has 2 saturated carbocycles. The van der Waals surface area contributed by atoms with Crippen LogP contribution in [0.4, 0.5) is 0 Å². The number of aldehydes is 2. The predicted octanol–water partition coefficient (Wildman–Crippen LogP) is 5.13. The van der Waals surface area contributed by atoms with Gasteiger partial charge in [-0.15, -0.1) is 0 Å². The standard InChI is InChI=1S/C40H56O10/c1-23-13-15-33(3)25(19-41)9-7-11-27(33)35(23,5)17-29-37(21-45-37)39(43)31(47-29)49-40(44)32(50-39)48-30(38(40)22-46-38)18-36(6)24(2)14-16-34(4)26(20-42)10-8-12-28(34)36/h9-10,19-20,23-24,27-32,43-44H,7-8,11-18,21-22H2,1-6H3/t23-,24-,27-,28-,29-,30-,31?,32?,33-,34-,35-,36-,37+,38+,39?,40?/m1/s1. The largest absolute Gasteiger partial charge is 0.361 e. The van der Waals surface area contributed by atoms with Crippen LogP contribution in [0.1, 0.15) is 106 Å². The third-order valence-corrected chi connectivity index (χ3v) is 17.0. The monoisotopic (exact) mass is 696 g/mol. The first kappa shape index (κ1) is 34.3. The summed E-state index contributed by atoms with van der Waals surface area (Å²) in [7, 11) is 0. The lowest BCUT2D eigenvalue weighted by Crippen LogP contribution is -2.68. The van der Waals surface area contributed by atoms with E-state index in [9.17, 15) is 19.8 Å². The van der Waals surface area contributed by atoms with E-state index in [4.69, 9.17) is 28.4 Å². The molecule has 7 fully saturated rings. The molecule has 10 heteroatoms. The highest BCUT2D eigenvalue weighted by Gasteiger charge is 2.87. The van der Waals surface area contributed by atoms with E-state index >= 15 is 0 Å². The van der Waals surface area contributed by atoms with E-state index in [-0.39, 0.29) is 46.7 Å². The van der Waals surface area contributed by atoms with E-state index in [1.54, 1.807) is 0 Å². The van der Waals surface area contributed by atoms with Gasteiger partial charge >= 0.3 is 0 Å². The van der Waals surface area contributed by atoms with Gasteiger partial charge in [-0.3, -0.25) is 9.59 Å². The molecule has 10 nitrogen and oxygen atoms in total. The summed E-state index contributed by atoms with van der Waals surface area (Å²) in [5.74, 6) is -2.77. The Morgan fingerprint density at radius 2 is 1.06 bits per heavy atom. The summed E-state index contributed by atoms with van der Waals surface area (Å²) in [5.41, 5.74) is -1.39. The number of carbonyl (C=O) groups is 2. The molecule has 9 rings (SSSR count). The molecule has 0 aromatic heterocycles. The fraction of sp³-hybridized carbons (Fsp3) is 0.850. The second kappa shape index (κ2) is 10.6. The molecule has 5 aliphatic heterocycles. The molecule has 50 heavy (non-hydrogen) atoms. The van der Waals surface area contributed by atoms with Gasteiger partial charge in [-0.25, -0.2) is 0 Å². The Labute approximate surface area is 295 Å². The number of epoxide rings is 2. The predicted molar refractivity (Wildman–Crippen MR) is 179 cm³/mol. The lowest BCUT2D eigenvalue weighted by atomic mass is 9.46. The van der Waals surface area contributed by atoms with Crippen molar-refractivity contribution in [1.29, 1.82) is 0 Å². The van der Waals surface area contributed by atoms with Crippen LogP contribution < -0.4 is 0 Å². The molecule has 5 heterocycles. The van der Waals surface area contributed by atoms with Crippen LogP contribution in [0.5, 0.6) is 0 Å². The van der Waals surface area contributed by atoms with Crippen LogP contribution in [0.15, 0.2) is 23.3 Å². The lowest BCUT2D eigenvalue weighted by Gasteiger charge is -2.58. The first-order chi connectivity index (χ1) is 23.6. The average Bonchev–Trinajstić information content (AvgIpc) is 4.00. The summed E-state index contributed by atoms with van der Waals surface area (Å²) >= 11 is 0. The summed E-state index contributed by atoms with van der Waals surface area (Å²) in [5, 5.41) is 24.8. The van der Waals surface area contributed by atoms with Crippen molar-refractivity contribution in [3.63, 3.8) is 0 Å². The number of ether oxygens (including phenoxy) is 6. The van der Waals surface area contributed by atoms with Gasteiger partial charge in [-0.1, -0.05) is 53.7 Å². The van der Waals surface area contributed by atoms with Crippen LogP contribution in [0.2, 0.25) is 0 Å². The van der Waals surface area contributed by atoms with Crippen LogP contribution in [0.25, 0.3) is 0 Å². The third kappa shape index (κ3) is 4.03. The Bertz CT molecular complexity index is 1420. The number of aliphatic hydroxyl groups is 2. The van der Waals surface area contributed by atoms with Gasteiger partial charge in [-0.2, -0.15) is 0 Å². The van der Waals surface area contributed by atoms with E-state index in [1.807, 2.05) is 0 Å². The Hall–Kier alpha value is -1.50. The van der Waals surface area contributed by atoms with E-state index in [0.717, 1.165) is 75.1 Å². The second-order valence-electron chi connectivity index (χ2n) is 18.8. The summed E-state index contributed by atoms with van der Waals surface area (Å²) in [6.45, 7) is 14.1. The van der Waals surface area contributed by atoms with E-state index in [2.05, 4.69) is 53.7 Å². The molecule has 2 spiro atoms. The van der Waals surface area contributed by atoms with Crippen LogP contribution in [0, 0.1) is 45.3 Å². The molecule has 0 aromatic carbocycles. The van der Waals surface area contributed by atoms with Crippen LogP contribution in [0.3, 0.4) is 0 Å². The van der Waals surface area contributed by atoms with E-state index < -0.39 is 47.6 Å². The summed E-state index contributed by atoms with van der Waals surface area (Å²) < 4.78 is 38.5. The van der Waals surface area contributed by atoms with Crippen molar-refractivity contribution in [2.24, 2.45) is 45.3 Å². The number of fused-ring (bicyclic) bond motifs is 6. The Balaban J connectivity index is 0.985. The van der Waals surface area contributed by atoms with Crippen LogP contribution in [-0.4, -0.2) is 83.6 Å². The SMILES string of the molecule is C[C@@H]1CC[C@]2(C)C(C=O)=CCC[C@H]2[C@]1(C)C[C@H]1OC2OC3(O)C(O[C@H](C[C@]4(C)[C@H](C)CC[C@]5(C)C(C=O)=CCC[C@@H]45)[C@@]34CO4)OC2(O)[C@]12CO2. The molecule has 9 aliphatic rings. The highest BCUT2D eigenvalue weighted by atomic mass is 16.9. The number of carbonyl (C=O) groups excluding carboxylic acids is 2. The van der Waals surface area contributed by atoms with E-state index in [0.29, 0.717) is 24.7 Å². The maximum atomic E-state index is 12.4. The van der Waals surface area contributed by atoms with Crippen molar-refractivity contribution in [1.82, 2.24) is 0 Å². The zero-order valence-electron chi connectivity index (χ0n) is 30.6. The van der Waals surface area contributed by atoms with Crippen LogP contribution >= 0.6 is 0 Å². The molecule has 4 aliphatic carbocycles. The number of hydrogen-bond donors (Lipinski definition) is 2. The molecule has 276 valence electrons. The van der Waals surface area contributed by atoms with Crippen molar-refractivity contribution in [2.45, 2.75) is 153 Å². The fourth-order valence-electron chi connectivity index (χ4n) is 13.1. The first-order valence-electron chi connectivity index (χ1n) is 19.3. The number of hydrogen-bond acceptors (Lipinski definition) is 10. The maximum absolute atomic E-state index is 12.4. The first-order valence-corrected chi connectivity index (χ1v) is 19.3. The van der Waals surface area contributed by atoms with E-state index in [1.165, 1.54) is 0 Å². The van der Waals surface area contributed by atoms with Gasteiger partial charge in [0, 0.05) is 0 Å². The quantitative estimate of drug-likeness (QED) is 0.284. The van der Waals surface area contributed by atoms with Gasteiger partial charge in [0.15, 0.2) is 11.2 Å².